The first-order valence-corrected chi connectivity index (χ1v) is 16.6. The molecule has 2 N–H and O–H groups in total. The Morgan fingerprint density at radius 2 is 2.10 bits per heavy atom. The average Bonchev–Trinajstić information content (AvgIpc) is 3.43. The third-order valence-electron chi connectivity index (χ3n) is 10.1. The van der Waals surface area contributed by atoms with Crippen molar-refractivity contribution < 1.29 is 14.3 Å². The number of rotatable bonds is 6. The minimum absolute atomic E-state index is 0.00292. The second-order valence-electron chi connectivity index (χ2n) is 12.3. The molecule has 0 aromatic heterocycles. The molecule has 1 aromatic carbocycles. The SMILES string of the molecule is C=CC(=O)N1CCN(C2NC(OCC3CCCN3C)NC3C(=O)[C@]4(CCC32)SCc2ccccc2C4Cl)CC1CC#N. The quantitative estimate of drug-likeness (QED) is 0.371. The lowest BCUT2D eigenvalue weighted by Crippen LogP contribution is -2.75. The largest absolute Gasteiger partial charge is 0.348 e. The third-order valence-corrected chi connectivity index (χ3v) is 12.4. The number of carbonyl (C=O) groups excluding carboxylic acids is 2. The number of likely N-dealkylation sites (N-methyl/N-ethyl adjacent to an activating group) is 1. The minimum Gasteiger partial charge on any atom is -0.348 e. The van der Waals surface area contributed by atoms with E-state index in [9.17, 15) is 14.9 Å². The number of hydrogen-bond acceptors (Lipinski definition) is 9. The highest BCUT2D eigenvalue weighted by molar-refractivity contribution is 8.00. The van der Waals surface area contributed by atoms with Crippen molar-refractivity contribution in [1.29, 1.82) is 5.26 Å². The van der Waals surface area contributed by atoms with Crippen LogP contribution in [-0.4, -0.2) is 102 Å². The smallest absolute Gasteiger partial charge is 0.246 e. The minimum atomic E-state index is -0.694. The van der Waals surface area contributed by atoms with Gasteiger partial charge in [-0.1, -0.05) is 30.8 Å². The fourth-order valence-electron chi connectivity index (χ4n) is 7.69. The summed E-state index contributed by atoms with van der Waals surface area (Å²) in [5, 5.41) is 16.4. The van der Waals surface area contributed by atoms with Crippen LogP contribution in [0.2, 0.25) is 0 Å². The fraction of sp³-hybridized carbons (Fsp3) is 0.645. The first-order chi connectivity index (χ1) is 20.4. The molecule has 1 spiro atoms. The second kappa shape index (κ2) is 12.6. The van der Waals surface area contributed by atoms with Gasteiger partial charge in [-0.05, 0) is 56.5 Å². The molecule has 0 bridgehead atoms. The Kier molecular flexibility index (Phi) is 9.00. The number of benzene rings is 1. The number of ketones is 1. The number of ether oxygens (including phenoxy) is 1. The van der Waals surface area contributed by atoms with Crippen molar-refractivity contribution in [2.45, 2.75) is 78.6 Å². The van der Waals surface area contributed by atoms with Gasteiger partial charge in [0.15, 0.2) is 12.1 Å². The summed E-state index contributed by atoms with van der Waals surface area (Å²) >= 11 is 8.89. The summed E-state index contributed by atoms with van der Waals surface area (Å²) in [6.07, 6.45) is 4.72. The number of alkyl halides is 1. The molecule has 0 radical (unpaired) electrons. The molecule has 7 unspecified atom stereocenters. The highest BCUT2D eigenvalue weighted by atomic mass is 35.5. The molecule has 42 heavy (non-hydrogen) atoms. The highest BCUT2D eigenvalue weighted by Crippen LogP contribution is 2.56. The predicted molar refractivity (Wildman–Crippen MR) is 164 cm³/mol. The van der Waals surface area contributed by atoms with Crippen molar-refractivity contribution >= 4 is 35.1 Å². The maximum atomic E-state index is 14.6. The zero-order valence-corrected chi connectivity index (χ0v) is 25.8. The Morgan fingerprint density at radius 3 is 2.86 bits per heavy atom. The summed E-state index contributed by atoms with van der Waals surface area (Å²) in [6.45, 7) is 6.99. The zero-order chi connectivity index (χ0) is 29.4. The van der Waals surface area contributed by atoms with Gasteiger partial charge in [0.2, 0.25) is 5.91 Å². The van der Waals surface area contributed by atoms with Crippen molar-refractivity contribution in [3.05, 3.63) is 48.0 Å². The maximum Gasteiger partial charge on any atom is 0.246 e. The number of fused-ring (bicyclic) bond motifs is 2. The van der Waals surface area contributed by atoms with E-state index in [4.69, 9.17) is 16.3 Å². The van der Waals surface area contributed by atoms with Crippen molar-refractivity contribution in [3.63, 3.8) is 0 Å². The van der Waals surface area contributed by atoms with Crippen molar-refractivity contribution in [2.75, 3.05) is 39.8 Å². The Bertz CT molecular complexity index is 1250. The Morgan fingerprint density at radius 1 is 1.26 bits per heavy atom. The molecule has 9 nitrogen and oxygen atoms in total. The number of likely N-dealkylation sites (tertiary alicyclic amines) is 1. The molecule has 4 heterocycles. The van der Waals surface area contributed by atoms with Crippen LogP contribution in [0.4, 0.5) is 0 Å². The topological polar surface area (TPSA) is 101 Å². The van der Waals surface area contributed by atoms with E-state index in [0.717, 1.165) is 37.1 Å². The summed E-state index contributed by atoms with van der Waals surface area (Å²) in [6, 6.07) is 10.2. The Labute approximate surface area is 257 Å². The van der Waals surface area contributed by atoms with Gasteiger partial charge >= 0.3 is 0 Å². The van der Waals surface area contributed by atoms with Crippen LogP contribution in [-0.2, 0) is 20.1 Å². The van der Waals surface area contributed by atoms with E-state index in [1.807, 2.05) is 12.1 Å². The van der Waals surface area contributed by atoms with E-state index in [2.05, 4.69) is 52.3 Å². The number of amides is 1. The number of hydrogen-bond donors (Lipinski definition) is 2. The van der Waals surface area contributed by atoms with E-state index >= 15 is 0 Å². The summed E-state index contributed by atoms with van der Waals surface area (Å²) < 4.78 is 5.76. The van der Waals surface area contributed by atoms with Gasteiger partial charge in [-0.2, -0.15) is 5.26 Å². The van der Waals surface area contributed by atoms with Gasteiger partial charge in [-0.3, -0.25) is 25.1 Å². The number of nitriles is 1. The Balaban J connectivity index is 1.26. The molecule has 3 saturated heterocycles. The molecule has 226 valence electrons. The molecule has 1 aromatic rings. The van der Waals surface area contributed by atoms with E-state index in [1.54, 1.807) is 16.7 Å². The number of piperazine rings is 1. The molecule has 8 atom stereocenters. The molecule has 1 saturated carbocycles. The molecular weight excluding hydrogens is 572 g/mol. The predicted octanol–water partition coefficient (Wildman–Crippen LogP) is 2.83. The summed E-state index contributed by atoms with van der Waals surface area (Å²) in [7, 11) is 2.13. The molecular formula is C31H41ClN6O3S. The van der Waals surface area contributed by atoms with E-state index in [1.165, 1.54) is 11.6 Å². The monoisotopic (exact) mass is 612 g/mol. The van der Waals surface area contributed by atoms with Crippen LogP contribution >= 0.6 is 23.4 Å². The van der Waals surface area contributed by atoms with Crippen molar-refractivity contribution in [3.8, 4) is 6.07 Å². The number of nitrogens with zero attached hydrogens (tertiary/aromatic N) is 4. The first-order valence-electron chi connectivity index (χ1n) is 15.1. The Hall–Kier alpha value is -1.97. The molecule has 4 fully saturated rings. The lowest BCUT2D eigenvalue weighted by atomic mass is 9.71. The number of Topliss-reactive ketones (excluding diaryl/α,β-unsaturated/α-hetero) is 1. The van der Waals surface area contributed by atoms with Crippen LogP contribution < -0.4 is 10.6 Å². The molecule has 11 heteroatoms. The van der Waals surface area contributed by atoms with Gasteiger partial charge in [-0.15, -0.1) is 23.4 Å². The van der Waals surface area contributed by atoms with Crippen LogP contribution in [0.1, 0.15) is 48.6 Å². The van der Waals surface area contributed by atoms with Crippen molar-refractivity contribution in [1.82, 2.24) is 25.3 Å². The van der Waals surface area contributed by atoms with Gasteiger partial charge in [0.1, 0.15) is 0 Å². The van der Waals surface area contributed by atoms with E-state index in [0.29, 0.717) is 38.7 Å². The van der Waals surface area contributed by atoms with E-state index < -0.39 is 22.5 Å². The van der Waals surface area contributed by atoms with Gasteiger partial charge in [0, 0.05) is 37.3 Å². The standard InChI is InChI=1S/C31H41ClN6O3S/c1-3-25(39)38-16-15-37(17-21(38)11-13-33)29-24-10-12-31(27(32)23-9-5-4-7-20(23)19-42-31)28(40)26(24)34-30(35-29)41-18-22-8-6-14-36(22)2/h3-5,7,9,21-22,24,26-27,29-30,34-35H,1,6,8,10-12,14-19H2,2H3/t21?,22?,24?,26?,27?,29?,30?,31-/m1/s1. The third kappa shape index (κ3) is 5.43. The van der Waals surface area contributed by atoms with Crippen LogP contribution in [0.15, 0.2) is 36.9 Å². The number of thioether (sulfide) groups is 1. The highest BCUT2D eigenvalue weighted by Gasteiger charge is 2.58. The first kappa shape index (κ1) is 30.1. The van der Waals surface area contributed by atoms with Gasteiger partial charge < -0.3 is 14.5 Å². The lowest BCUT2D eigenvalue weighted by Gasteiger charge is -2.55. The van der Waals surface area contributed by atoms with Gasteiger partial charge in [-0.25, -0.2) is 0 Å². The second-order valence-corrected chi connectivity index (χ2v) is 14.0. The molecule has 1 amide bonds. The van der Waals surface area contributed by atoms with Crippen molar-refractivity contribution in [2.24, 2.45) is 5.92 Å². The summed E-state index contributed by atoms with van der Waals surface area (Å²) in [4.78, 5) is 33.6. The van der Waals surface area contributed by atoms with Gasteiger partial charge in [0.25, 0.3) is 0 Å². The van der Waals surface area contributed by atoms with Crippen LogP contribution in [0.3, 0.4) is 0 Å². The summed E-state index contributed by atoms with van der Waals surface area (Å²) in [5.74, 6) is 0.784. The normalized spacial score (nSPS) is 37.2. The van der Waals surface area contributed by atoms with Crippen LogP contribution in [0, 0.1) is 17.2 Å². The maximum absolute atomic E-state index is 14.6. The van der Waals surface area contributed by atoms with Gasteiger partial charge in [0.05, 0.1) is 47.5 Å². The zero-order valence-electron chi connectivity index (χ0n) is 24.2. The molecule has 4 aliphatic heterocycles. The molecule has 6 rings (SSSR count). The lowest BCUT2D eigenvalue weighted by molar-refractivity contribution is -0.145. The number of halogens is 1. The molecule has 1 aliphatic carbocycles. The molecule has 5 aliphatic rings. The van der Waals surface area contributed by atoms with Crippen LogP contribution in [0.25, 0.3) is 0 Å². The number of nitrogens with one attached hydrogen (secondary N) is 2. The average molecular weight is 613 g/mol. The van der Waals surface area contributed by atoms with Crippen LogP contribution in [0.5, 0.6) is 0 Å². The fourth-order valence-corrected chi connectivity index (χ4v) is 9.78. The number of carbonyl (C=O) groups is 2. The summed E-state index contributed by atoms with van der Waals surface area (Å²) in [5.41, 5.74) is 2.27. The van der Waals surface area contributed by atoms with E-state index in [-0.39, 0.29) is 36.2 Å².